The average Bonchev–Trinajstić information content (AvgIpc) is 2.06. The summed E-state index contributed by atoms with van der Waals surface area (Å²) in [4.78, 5) is 10.7. The van der Waals surface area contributed by atoms with E-state index in [4.69, 9.17) is 9.84 Å². The second kappa shape index (κ2) is 5.98. The molecule has 1 unspecified atom stereocenters. The third kappa shape index (κ3) is 3.64. The molecule has 0 amide bonds. The first-order valence-electron chi connectivity index (χ1n) is 5.31. The van der Waals surface area contributed by atoms with E-state index in [9.17, 15) is 4.79 Å². The SMILES string of the molecule is CCNC(CCOC1CCC1)C(=O)O. The molecule has 1 saturated carbocycles. The van der Waals surface area contributed by atoms with Crippen LogP contribution in [-0.4, -0.2) is 36.4 Å². The molecule has 0 spiro atoms. The average molecular weight is 201 g/mol. The Labute approximate surface area is 84.6 Å². The Morgan fingerprint density at radius 3 is 2.79 bits per heavy atom. The maximum atomic E-state index is 10.7. The van der Waals surface area contributed by atoms with E-state index in [0.717, 1.165) is 12.8 Å². The van der Waals surface area contributed by atoms with Crippen LogP contribution >= 0.6 is 0 Å². The summed E-state index contributed by atoms with van der Waals surface area (Å²) < 4.78 is 5.50. The van der Waals surface area contributed by atoms with Crippen molar-refractivity contribution in [2.75, 3.05) is 13.2 Å². The lowest BCUT2D eigenvalue weighted by Gasteiger charge is -2.26. The van der Waals surface area contributed by atoms with E-state index in [0.29, 0.717) is 25.7 Å². The molecule has 4 heteroatoms. The summed E-state index contributed by atoms with van der Waals surface area (Å²) >= 11 is 0. The summed E-state index contributed by atoms with van der Waals surface area (Å²) in [6.07, 6.45) is 4.48. The van der Waals surface area contributed by atoms with Crippen molar-refractivity contribution < 1.29 is 14.6 Å². The van der Waals surface area contributed by atoms with Crippen LogP contribution in [0.5, 0.6) is 0 Å². The Bertz CT molecular complexity index is 180. The number of ether oxygens (including phenoxy) is 1. The first-order valence-corrected chi connectivity index (χ1v) is 5.31. The fourth-order valence-electron chi connectivity index (χ4n) is 1.45. The van der Waals surface area contributed by atoms with Gasteiger partial charge < -0.3 is 15.2 Å². The van der Waals surface area contributed by atoms with E-state index in [-0.39, 0.29) is 0 Å². The standard InChI is InChI=1S/C10H19NO3/c1-2-11-9(10(12)13)6-7-14-8-4-3-5-8/h8-9,11H,2-7H2,1H3,(H,12,13). The quantitative estimate of drug-likeness (QED) is 0.645. The molecule has 1 atom stereocenters. The molecule has 0 aromatic carbocycles. The number of nitrogens with one attached hydrogen (secondary N) is 1. The van der Waals surface area contributed by atoms with Crippen LogP contribution in [0.3, 0.4) is 0 Å². The zero-order chi connectivity index (χ0) is 10.4. The number of carboxylic acid groups (broad SMARTS) is 1. The summed E-state index contributed by atoms with van der Waals surface area (Å²) in [5.74, 6) is -0.788. The summed E-state index contributed by atoms with van der Waals surface area (Å²) in [6.45, 7) is 3.14. The smallest absolute Gasteiger partial charge is 0.320 e. The van der Waals surface area contributed by atoms with E-state index in [1.165, 1.54) is 6.42 Å². The lowest BCUT2D eigenvalue weighted by molar-refractivity contribution is -0.140. The molecule has 1 rings (SSSR count). The van der Waals surface area contributed by atoms with Gasteiger partial charge in [0.1, 0.15) is 6.04 Å². The molecule has 4 nitrogen and oxygen atoms in total. The van der Waals surface area contributed by atoms with Crippen molar-refractivity contribution in [1.29, 1.82) is 0 Å². The molecule has 14 heavy (non-hydrogen) atoms. The molecule has 1 fully saturated rings. The second-order valence-electron chi connectivity index (χ2n) is 3.66. The summed E-state index contributed by atoms with van der Waals surface area (Å²) in [6, 6.07) is -0.458. The minimum Gasteiger partial charge on any atom is -0.480 e. The largest absolute Gasteiger partial charge is 0.480 e. The van der Waals surface area contributed by atoms with E-state index in [1.807, 2.05) is 6.92 Å². The highest BCUT2D eigenvalue weighted by molar-refractivity contribution is 5.73. The predicted molar refractivity (Wildman–Crippen MR) is 53.3 cm³/mol. The fourth-order valence-corrected chi connectivity index (χ4v) is 1.45. The Balaban J connectivity index is 2.08. The molecule has 0 saturated heterocycles. The van der Waals surface area contributed by atoms with Crippen molar-refractivity contribution in [3.8, 4) is 0 Å². The van der Waals surface area contributed by atoms with Crippen LogP contribution in [0.1, 0.15) is 32.6 Å². The maximum absolute atomic E-state index is 10.7. The van der Waals surface area contributed by atoms with Crippen LogP contribution in [-0.2, 0) is 9.53 Å². The molecular weight excluding hydrogens is 182 g/mol. The maximum Gasteiger partial charge on any atom is 0.320 e. The van der Waals surface area contributed by atoms with Gasteiger partial charge >= 0.3 is 5.97 Å². The van der Waals surface area contributed by atoms with Crippen molar-refractivity contribution in [3.05, 3.63) is 0 Å². The van der Waals surface area contributed by atoms with Crippen LogP contribution in [0.2, 0.25) is 0 Å². The van der Waals surface area contributed by atoms with Gasteiger partial charge in [0.25, 0.3) is 0 Å². The van der Waals surface area contributed by atoms with E-state index in [1.54, 1.807) is 0 Å². The molecule has 0 aliphatic heterocycles. The normalized spacial score (nSPS) is 18.9. The van der Waals surface area contributed by atoms with Crippen LogP contribution in [0.25, 0.3) is 0 Å². The number of hydrogen-bond donors (Lipinski definition) is 2. The highest BCUT2D eigenvalue weighted by Gasteiger charge is 2.20. The fraction of sp³-hybridized carbons (Fsp3) is 0.900. The Hall–Kier alpha value is -0.610. The highest BCUT2D eigenvalue weighted by Crippen LogP contribution is 2.21. The summed E-state index contributed by atoms with van der Waals surface area (Å²) in [7, 11) is 0. The molecule has 0 aromatic heterocycles. The number of aliphatic carboxylic acids is 1. The third-order valence-corrected chi connectivity index (χ3v) is 2.56. The number of likely N-dealkylation sites (N-methyl/N-ethyl adjacent to an activating group) is 1. The van der Waals surface area contributed by atoms with Crippen LogP contribution in [0, 0.1) is 0 Å². The Kier molecular flexibility index (Phi) is 4.90. The van der Waals surface area contributed by atoms with E-state index >= 15 is 0 Å². The van der Waals surface area contributed by atoms with Gasteiger partial charge in [0.2, 0.25) is 0 Å². The van der Waals surface area contributed by atoms with E-state index < -0.39 is 12.0 Å². The van der Waals surface area contributed by atoms with Crippen LogP contribution in [0.15, 0.2) is 0 Å². The molecular formula is C10H19NO3. The molecule has 0 heterocycles. The van der Waals surface area contributed by atoms with Crippen molar-refractivity contribution in [2.45, 2.75) is 44.8 Å². The zero-order valence-electron chi connectivity index (χ0n) is 8.66. The van der Waals surface area contributed by atoms with Gasteiger partial charge in [-0.3, -0.25) is 4.79 Å². The number of carboxylic acids is 1. The van der Waals surface area contributed by atoms with Crippen LogP contribution in [0.4, 0.5) is 0 Å². The predicted octanol–water partition coefficient (Wildman–Crippen LogP) is 1.01. The monoisotopic (exact) mass is 201 g/mol. The lowest BCUT2D eigenvalue weighted by atomic mass is 9.96. The minimum absolute atomic E-state index is 0.395. The highest BCUT2D eigenvalue weighted by atomic mass is 16.5. The minimum atomic E-state index is -0.788. The van der Waals surface area contributed by atoms with Crippen molar-refractivity contribution in [1.82, 2.24) is 5.32 Å². The molecule has 0 radical (unpaired) electrons. The van der Waals surface area contributed by atoms with Gasteiger partial charge in [-0.15, -0.1) is 0 Å². The van der Waals surface area contributed by atoms with Crippen molar-refractivity contribution >= 4 is 5.97 Å². The van der Waals surface area contributed by atoms with Crippen molar-refractivity contribution in [3.63, 3.8) is 0 Å². The van der Waals surface area contributed by atoms with Gasteiger partial charge in [-0.1, -0.05) is 6.92 Å². The summed E-state index contributed by atoms with van der Waals surface area (Å²) in [5.41, 5.74) is 0. The summed E-state index contributed by atoms with van der Waals surface area (Å²) in [5, 5.41) is 11.7. The van der Waals surface area contributed by atoms with Gasteiger partial charge in [-0.2, -0.15) is 0 Å². The number of hydrogen-bond acceptors (Lipinski definition) is 3. The van der Waals surface area contributed by atoms with Gasteiger partial charge in [-0.05, 0) is 32.2 Å². The lowest BCUT2D eigenvalue weighted by Crippen LogP contribution is -2.38. The number of rotatable bonds is 7. The molecule has 0 bridgehead atoms. The van der Waals surface area contributed by atoms with Crippen LogP contribution < -0.4 is 5.32 Å². The van der Waals surface area contributed by atoms with E-state index in [2.05, 4.69) is 5.32 Å². The Morgan fingerprint density at radius 1 is 1.64 bits per heavy atom. The second-order valence-corrected chi connectivity index (χ2v) is 3.66. The first-order chi connectivity index (χ1) is 6.74. The topological polar surface area (TPSA) is 58.6 Å². The molecule has 1 aliphatic carbocycles. The first kappa shape index (κ1) is 11.5. The third-order valence-electron chi connectivity index (χ3n) is 2.56. The molecule has 1 aliphatic rings. The molecule has 2 N–H and O–H groups in total. The van der Waals surface area contributed by atoms with Gasteiger partial charge in [0, 0.05) is 6.61 Å². The molecule has 82 valence electrons. The zero-order valence-corrected chi connectivity index (χ0v) is 8.66. The number of carbonyl (C=O) groups is 1. The van der Waals surface area contributed by atoms with Crippen molar-refractivity contribution in [2.24, 2.45) is 0 Å². The Morgan fingerprint density at radius 2 is 2.36 bits per heavy atom. The van der Waals surface area contributed by atoms with Gasteiger partial charge in [0.05, 0.1) is 6.10 Å². The van der Waals surface area contributed by atoms with Gasteiger partial charge in [-0.25, -0.2) is 0 Å². The molecule has 0 aromatic rings. The van der Waals surface area contributed by atoms with Gasteiger partial charge in [0.15, 0.2) is 0 Å².